The Morgan fingerprint density at radius 2 is 1.60 bits per heavy atom. The van der Waals surface area contributed by atoms with Gasteiger partial charge in [0.2, 0.25) is 21.8 Å². The Morgan fingerprint density at radius 3 is 2.11 bits per heavy atom. The maximum Gasteiger partial charge on any atom is 0.244 e. The second kappa shape index (κ2) is 12.2. The van der Waals surface area contributed by atoms with Crippen LogP contribution in [0, 0.1) is 5.82 Å². The lowest BCUT2D eigenvalue weighted by molar-refractivity contribution is -0.139. The predicted octanol–water partition coefficient (Wildman–Crippen LogP) is 4.05. The van der Waals surface area contributed by atoms with E-state index in [2.05, 4.69) is 5.32 Å². The van der Waals surface area contributed by atoms with Gasteiger partial charge in [0.25, 0.3) is 0 Å². The van der Waals surface area contributed by atoms with Gasteiger partial charge in [-0.1, -0.05) is 51.1 Å². The zero-order chi connectivity index (χ0) is 26.3. The molecule has 7 nitrogen and oxygen atoms in total. The van der Waals surface area contributed by atoms with Gasteiger partial charge in [-0.2, -0.15) is 0 Å². The molecule has 9 heteroatoms. The van der Waals surface area contributed by atoms with Gasteiger partial charge in [-0.05, 0) is 49.9 Å². The highest BCUT2D eigenvalue weighted by molar-refractivity contribution is 7.92. The summed E-state index contributed by atoms with van der Waals surface area (Å²) in [4.78, 5) is 27.6. The van der Waals surface area contributed by atoms with Crippen molar-refractivity contribution in [1.29, 1.82) is 0 Å². The Balaban J connectivity index is 2.40. The third-order valence-electron chi connectivity index (χ3n) is 5.99. The van der Waals surface area contributed by atoms with Gasteiger partial charge in [0.15, 0.2) is 0 Å². The SMILES string of the molecule is CCC(C)NC(=O)C(C)N(Cc1ccccc1F)C(=O)CN(c1ccc(C(C)C)cc1)S(C)(=O)=O. The quantitative estimate of drug-likeness (QED) is 0.499. The minimum absolute atomic E-state index is 0.109. The molecule has 0 aliphatic carbocycles. The maximum absolute atomic E-state index is 14.4. The molecule has 0 saturated carbocycles. The van der Waals surface area contributed by atoms with Crippen LogP contribution in [0.25, 0.3) is 0 Å². The summed E-state index contributed by atoms with van der Waals surface area (Å²) in [5, 5.41) is 2.84. The number of halogens is 1. The highest BCUT2D eigenvalue weighted by Crippen LogP contribution is 2.23. The summed E-state index contributed by atoms with van der Waals surface area (Å²) in [6.45, 7) is 8.68. The topological polar surface area (TPSA) is 86.8 Å². The van der Waals surface area contributed by atoms with E-state index in [1.54, 1.807) is 25.1 Å². The average molecular weight is 506 g/mol. The van der Waals surface area contributed by atoms with Gasteiger partial charge < -0.3 is 10.2 Å². The van der Waals surface area contributed by atoms with Crippen LogP contribution in [0.1, 0.15) is 58.1 Å². The fraction of sp³-hybridized carbons (Fsp3) is 0.462. The lowest BCUT2D eigenvalue weighted by Crippen LogP contribution is -2.52. The number of amides is 2. The van der Waals surface area contributed by atoms with E-state index in [0.29, 0.717) is 12.1 Å². The molecule has 0 aliphatic heterocycles. The molecular formula is C26H36FN3O4S. The molecule has 0 saturated heterocycles. The monoisotopic (exact) mass is 505 g/mol. The number of hydrogen-bond acceptors (Lipinski definition) is 4. The summed E-state index contributed by atoms with van der Waals surface area (Å²) in [5.41, 5.74) is 1.61. The second-order valence-corrected chi connectivity index (χ2v) is 11.0. The van der Waals surface area contributed by atoms with Crippen molar-refractivity contribution in [2.45, 2.75) is 65.6 Å². The first-order chi connectivity index (χ1) is 16.3. The lowest BCUT2D eigenvalue weighted by atomic mass is 10.0. The van der Waals surface area contributed by atoms with Crippen molar-refractivity contribution in [1.82, 2.24) is 10.2 Å². The lowest BCUT2D eigenvalue weighted by Gasteiger charge is -2.32. The summed E-state index contributed by atoms with van der Waals surface area (Å²) < 4.78 is 40.7. The molecule has 2 aromatic carbocycles. The third kappa shape index (κ3) is 7.78. The molecule has 2 atom stereocenters. The highest BCUT2D eigenvalue weighted by Gasteiger charge is 2.31. The van der Waals surface area contributed by atoms with Gasteiger partial charge >= 0.3 is 0 Å². The van der Waals surface area contributed by atoms with E-state index in [-0.39, 0.29) is 24.1 Å². The van der Waals surface area contributed by atoms with Crippen LogP contribution < -0.4 is 9.62 Å². The normalized spacial score (nSPS) is 13.3. The van der Waals surface area contributed by atoms with Crippen molar-refractivity contribution < 1.29 is 22.4 Å². The minimum atomic E-state index is -3.82. The molecule has 0 fully saturated rings. The summed E-state index contributed by atoms with van der Waals surface area (Å²) >= 11 is 0. The first-order valence-corrected chi connectivity index (χ1v) is 13.6. The molecule has 0 radical (unpaired) electrons. The van der Waals surface area contributed by atoms with Gasteiger partial charge in [0.05, 0.1) is 11.9 Å². The van der Waals surface area contributed by atoms with E-state index < -0.39 is 40.2 Å². The molecule has 2 rings (SSSR count). The van der Waals surface area contributed by atoms with E-state index in [4.69, 9.17) is 0 Å². The van der Waals surface area contributed by atoms with Crippen LogP contribution in [-0.4, -0.2) is 50.0 Å². The maximum atomic E-state index is 14.4. The summed E-state index contributed by atoms with van der Waals surface area (Å²) in [6, 6.07) is 11.9. The van der Waals surface area contributed by atoms with E-state index in [1.165, 1.54) is 23.1 Å². The smallest absolute Gasteiger partial charge is 0.244 e. The number of sulfonamides is 1. The van der Waals surface area contributed by atoms with Crippen molar-refractivity contribution in [3.8, 4) is 0 Å². The molecule has 0 heterocycles. The van der Waals surface area contributed by atoms with Gasteiger partial charge in [0.1, 0.15) is 18.4 Å². The molecule has 1 N–H and O–H groups in total. The van der Waals surface area contributed by atoms with Crippen LogP contribution in [0.4, 0.5) is 10.1 Å². The zero-order valence-corrected chi connectivity index (χ0v) is 22.1. The third-order valence-corrected chi connectivity index (χ3v) is 7.13. The van der Waals surface area contributed by atoms with Gasteiger partial charge in [-0.15, -0.1) is 0 Å². The number of hydrogen-bond donors (Lipinski definition) is 1. The van der Waals surface area contributed by atoms with Crippen LogP contribution in [0.15, 0.2) is 48.5 Å². The standard InChI is InChI=1S/C26H36FN3O4S/c1-7-19(4)28-26(32)20(5)29(16-22-10-8-9-11-24(22)27)25(31)17-30(35(6,33)34)23-14-12-21(13-15-23)18(2)3/h8-15,18-20H,7,16-17H2,1-6H3,(H,28,32). The Kier molecular flexibility index (Phi) is 9.82. The molecule has 35 heavy (non-hydrogen) atoms. The molecule has 2 amide bonds. The first-order valence-electron chi connectivity index (χ1n) is 11.8. The number of carbonyl (C=O) groups excluding carboxylic acids is 2. The molecule has 2 aromatic rings. The molecule has 2 unspecified atom stereocenters. The molecule has 0 bridgehead atoms. The fourth-order valence-electron chi connectivity index (χ4n) is 3.50. The van der Waals surface area contributed by atoms with E-state index in [1.807, 2.05) is 39.8 Å². The van der Waals surface area contributed by atoms with Crippen molar-refractivity contribution in [2.75, 3.05) is 17.1 Å². The Bertz CT molecular complexity index is 1120. The Hall–Kier alpha value is -2.94. The van der Waals surface area contributed by atoms with Gasteiger partial charge in [0, 0.05) is 18.2 Å². The van der Waals surface area contributed by atoms with Crippen LogP contribution in [-0.2, 0) is 26.2 Å². The number of carbonyl (C=O) groups is 2. The second-order valence-electron chi connectivity index (χ2n) is 9.12. The molecule has 192 valence electrons. The Labute approximate surface area is 208 Å². The fourth-order valence-corrected chi connectivity index (χ4v) is 4.35. The summed E-state index contributed by atoms with van der Waals surface area (Å²) in [5.74, 6) is -1.25. The number of benzene rings is 2. The van der Waals surface area contributed by atoms with E-state index in [0.717, 1.165) is 16.1 Å². The van der Waals surface area contributed by atoms with E-state index >= 15 is 0 Å². The van der Waals surface area contributed by atoms with Crippen LogP contribution in [0.3, 0.4) is 0 Å². The molecular weight excluding hydrogens is 469 g/mol. The highest BCUT2D eigenvalue weighted by atomic mass is 32.2. The van der Waals surface area contributed by atoms with Crippen molar-refractivity contribution in [3.63, 3.8) is 0 Å². The predicted molar refractivity (Wildman–Crippen MR) is 137 cm³/mol. The zero-order valence-electron chi connectivity index (χ0n) is 21.3. The van der Waals surface area contributed by atoms with Gasteiger partial charge in [-0.25, -0.2) is 12.8 Å². The number of anilines is 1. The summed E-state index contributed by atoms with van der Waals surface area (Å²) in [6.07, 6.45) is 1.73. The van der Waals surface area contributed by atoms with Crippen LogP contribution >= 0.6 is 0 Å². The summed E-state index contributed by atoms with van der Waals surface area (Å²) in [7, 11) is -3.82. The van der Waals surface area contributed by atoms with Crippen LogP contribution in [0.5, 0.6) is 0 Å². The van der Waals surface area contributed by atoms with Crippen molar-refractivity contribution >= 4 is 27.5 Å². The Morgan fingerprint density at radius 1 is 1.00 bits per heavy atom. The minimum Gasteiger partial charge on any atom is -0.352 e. The average Bonchev–Trinajstić information content (AvgIpc) is 2.80. The number of nitrogens with zero attached hydrogens (tertiary/aromatic N) is 2. The van der Waals surface area contributed by atoms with E-state index in [9.17, 15) is 22.4 Å². The molecule has 0 aromatic heterocycles. The largest absolute Gasteiger partial charge is 0.352 e. The van der Waals surface area contributed by atoms with Crippen LogP contribution in [0.2, 0.25) is 0 Å². The number of nitrogens with one attached hydrogen (secondary N) is 1. The van der Waals surface area contributed by atoms with Gasteiger partial charge in [-0.3, -0.25) is 13.9 Å². The first kappa shape index (κ1) is 28.3. The number of rotatable bonds is 11. The van der Waals surface area contributed by atoms with Crippen molar-refractivity contribution in [2.24, 2.45) is 0 Å². The molecule has 0 spiro atoms. The van der Waals surface area contributed by atoms with Crippen molar-refractivity contribution in [3.05, 3.63) is 65.5 Å². The molecule has 0 aliphatic rings.